The summed E-state index contributed by atoms with van der Waals surface area (Å²) >= 11 is 6.02. The molecule has 0 aliphatic carbocycles. The number of carbonyl (C=O) groups is 1. The third kappa shape index (κ3) is 3.40. The third-order valence-corrected chi connectivity index (χ3v) is 4.28. The van der Waals surface area contributed by atoms with Gasteiger partial charge in [0.1, 0.15) is 6.54 Å². The first kappa shape index (κ1) is 17.6. The number of carbonyl (C=O) groups excluding carboxylic acids is 1. The van der Waals surface area contributed by atoms with Gasteiger partial charge < -0.3 is 5.32 Å². The Morgan fingerprint density at radius 3 is 2.85 bits per heavy atom. The molecule has 0 bridgehead atoms. The van der Waals surface area contributed by atoms with Gasteiger partial charge >= 0.3 is 0 Å². The van der Waals surface area contributed by atoms with Gasteiger partial charge in [-0.05, 0) is 30.7 Å². The van der Waals surface area contributed by atoms with Crippen molar-refractivity contribution in [1.82, 2.24) is 9.55 Å². The van der Waals surface area contributed by atoms with Crippen LogP contribution in [0.2, 0.25) is 5.02 Å². The SMILES string of the molecule is Cc1c(Cl)cccc1NC(=O)Cn1cnc2ccc([N+](=O)[O-])cc2c1=O. The van der Waals surface area contributed by atoms with Crippen molar-refractivity contribution in [2.75, 3.05) is 5.32 Å². The Bertz CT molecular complexity index is 1090. The topological polar surface area (TPSA) is 107 Å². The average Bonchev–Trinajstić information content (AvgIpc) is 2.61. The molecule has 9 heteroatoms. The van der Waals surface area contributed by atoms with Gasteiger partial charge in [-0.1, -0.05) is 17.7 Å². The van der Waals surface area contributed by atoms with E-state index in [2.05, 4.69) is 10.3 Å². The van der Waals surface area contributed by atoms with Crippen molar-refractivity contribution in [3.8, 4) is 0 Å². The summed E-state index contributed by atoms with van der Waals surface area (Å²) < 4.78 is 1.10. The highest BCUT2D eigenvalue weighted by molar-refractivity contribution is 6.31. The van der Waals surface area contributed by atoms with E-state index in [4.69, 9.17) is 11.6 Å². The van der Waals surface area contributed by atoms with E-state index in [1.54, 1.807) is 25.1 Å². The van der Waals surface area contributed by atoms with E-state index >= 15 is 0 Å². The lowest BCUT2D eigenvalue weighted by atomic mass is 10.2. The van der Waals surface area contributed by atoms with Crippen LogP contribution in [0.5, 0.6) is 0 Å². The van der Waals surface area contributed by atoms with Gasteiger partial charge in [-0.2, -0.15) is 0 Å². The van der Waals surface area contributed by atoms with Crippen LogP contribution in [0.1, 0.15) is 5.56 Å². The van der Waals surface area contributed by atoms with Crippen molar-refractivity contribution in [1.29, 1.82) is 0 Å². The standard InChI is InChI=1S/C17H13ClN4O4/c1-10-13(18)3-2-4-14(10)20-16(23)8-21-9-19-15-6-5-11(22(25)26)7-12(15)17(21)24/h2-7,9H,8H2,1H3,(H,20,23). The largest absolute Gasteiger partial charge is 0.324 e. The summed E-state index contributed by atoms with van der Waals surface area (Å²) in [6.07, 6.45) is 1.24. The fourth-order valence-corrected chi connectivity index (χ4v) is 2.64. The smallest absolute Gasteiger partial charge is 0.270 e. The fourth-order valence-electron chi connectivity index (χ4n) is 2.46. The minimum absolute atomic E-state index is 0.0773. The number of anilines is 1. The highest BCUT2D eigenvalue weighted by atomic mass is 35.5. The monoisotopic (exact) mass is 372 g/mol. The van der Waals surface area contributed by atoms with Crippen molar-refractivity contribution in [3.63, 3.8) is 0 Å². The van der Waals surface area contributed by atoms with Gasteiger partial charge in [0.2, 0.25) is 5.91 Å². The highest BCUT2D eigenvalue weighted by Gasteiger charge is 2.13. The lowest BCUT2D eigenvalue weighted by Gasteiger charge is -2.10. The number of halogens is 1. The number of rotatable bonds is 4. The quantitative estimate of drug-likeness (QED) is 0.559. The maximum atomic E-state index is 12.5. The maximum Gasteiger partial charge on any atom is 0.270 e. The molecule has 0 radical (unpaired) electrons. The molecule has 0 saturated carbocycles. The van der Waals surface area contributed by atoms with E-state index in [-0.39, 0.29) is 17.6 Å². The summed E-state index contributed by atoms with van der Waals surface area (Å²) in [7, 11) is 0. The lowest BCUT2D eigenvalue weighted by molar-refractivity contribution is -0.384. The number of hydrogen-bond donors (Lipinski definition) is 1. The predicted octanol–water partition coefficient (Wildman–Crippen LogP) is 2.91. The van der Waals surface area contributed by atoms with Gasteiger partial charge in [0.15, 0.2) is 0 Å². The van der Waals surface area contributed by atoms with Crippen molar-refractivity contribution < 1.29 is 9.72 Å². The van der Waals surface area contributed by atoms with Crippen LogP contribution in [-0.2, 0) is 11.3 Å². The number of non-ortho nitro benzene ring substituents is 1. The van der Waals surface area contributed by atoms with Crippen molar-refractivity contribution in [2.24, 2.45) is 0 Å². The normalized spacial score (nSPS) is 10.7. The molecule has 0 atom stereocenters. The minimum atomic E-state index is -0.592. The second-order valence-corrected chi connectivity index (χ2v) is 6.00. The number of nitro groups is 1. The summed E-state index contributed by atoms with van der Waals surface area (Å²) in [5.74, 6) is -0.441. The van der Waals surface area contributed by atoms with Crippen molar-refractivity contribution in [2.45, 2.75) is 13.5 Å². The number of hydrogen-bond acceptors (Lipinski definition) is 5. The molecule has 1 heterocycles. The number of nitrogens with zero attached hydrogens (tertiary/aromatic N) is 3. The van der Waals surface area contributed by atoms with Gasteiger partial charge in [0.25, 0.3) is 11.2 Å². The Labute approximate surface area is 152 Å². The third-order valence-electron chi connectivity index (χ3n) is 3.87. The van der Waals surface area contributed by atoms with Gasteiger partial charge in [0.05, 0.1) is 22.2 Å². The first-order chi connectivity index (χ1) is 12.4. The number of nitrogens with one attached hydrogen (secondary N) is 1. The minimum Gasteiger partial charge on any atom is -0.324 e. The van der Waals surface area contributed by atoms with Crippen LogP contribution in [0, 0.1) is 17.0 Å². The molecule has 1 N–H and O–H groups in total. The maximum absolute atomic E-state index is 12.5. The van der Waals surface area contributed by atoms with Gasteiger partial charge in [-0.15, -0.1) is 0 Å². The second kappa shape index (κ2) is 6.93. The van der Waals surface area contributed by atoms with E-state index in [1.165, 1.54) is 18.5 Å². The molecule has 1 aromatic heterocycles. The molecule has 8 nitrogen and oxygen atoms in total. The molecule has 2 aromatic carbocycles. The zero-order valence-corrected chi connectivity index (χ0v) is 14.4. The van der Waals surface area contributed by atoms with Gasteiger partial charge in [0, 0.05) is 22.8 Å². The number of benzene rings is 2. The summed E-state index contributed by atoms with van der Waals surface area (Å²) in [6.45, 7) is 1.48. The molecule has 0 fully saturated rings. The summed E-state index contributed by atoms with van der Waals surface area (Å²) in [6, 6.07) is 8.93. The Kier molecular flexibility index (Phi) is 4.68. The Morgan fingerprint density at radius 2 is 2.12 bits per heavy atom. The van der Waals surface area contributed by atoms with E-state index in [1.807, 2.05) is 0 Å². The first-order valence-corrected chi connectivity index (χ1v) is 7.93. The van der Waals surface area contributed by atoms with Crippen LogP contribution >= 0.6 is 11.6 Å². The fraction of sp³-hybridized carbons (Fsp3) is 0.118. The summed E-state index contributed by atoms with van der Waals surface area (Å²) in [5.41, 5.74) is 0.829. The van der Waals surface area contributed by atoms with E-state index in [0.29, 0.717) is 21.8 Å². The number of aromatic nitrogens is 2. The summed E-state index contributed by atoms with van der Waals surface area (Å²) in [5, 5.41) is 14.2. The molecule has 3 aromatic rings. The van der Waals surface area contributed by atoms with Gasteiger partial charge in [-0.25, -0.2) is 4.98 Å². The zero-order chi connectivity index (χ0) is 18.8. The molecular weight excluding hydrogens is 360 g/mol. The Hall–Kier alpha value is -3.26. The number of fused-ring (bicyclic) bond motifs is 1. The lowest BCUT2D eigenvalue weighted by Crippen LogP contribution is -2.28. The molecule has 0 saturated heterocycles. The highest BCUT2D eigenvalue weighted by Crippen LogP contribution is 2.23. The van der Waals surface area contributed by atoms with E-state index < -0.39 is 16.4 Å². The van der Waals surface area contributed by atoms with E-state index in [0.717, 1.165) is 10.6 Å². The molecule has 3 rings (SSSR count). The molecule has 1 amide bonds. The van der Waals surface area contributed by atoms with Crippen LogP contribution < -0.4 is 10.9 Å². The predicted molar refractivity (Wildman–Crippen MR) is 97.5 cm³/mol. The Morgan fingerprint density at radius 1 is 1.35 bits per heavy atom. The van der Waals surface area contributed by atoms with Gasteiger partial charge in [-0.3, -0.25) is 24.3 Å². The van der Waals surface area contributed by atoms with Crippen molar-refractivity contribution >= 4 is 39.8 Å². The summed E-state index contributed by atoms with van der Waals surface area (Å²) in [4.78, 5) is 39.1. The second-order valence-electron chi connectivity index (χ2n) is 5.60. The van der Waals surface area contributed by atoms with E-state index in [9.17, 15) is 19.7 Å². The first-order valence-electron chi connectivity index (χ1n) is 7.55. The zero-order valence-electron chi connectivity index (χ0n) is 13.6. The molecular formula is C17H13ClN4O4. The average molecular weight is 373 g/mol. The molecule has 0 spiro atoms. The van der Waals surface area contributed by atoms with Crippen LogP contribution in [-0.4, -0.2) is 20.4 Å². The molecule has 0 aliphatic rings. The molecule has 132 valence electrons. The van der Waals surface area contributed by atoms with Crippen molar-refractivity contribution in [3.05, 3.63) is 73.8 Å². The molecule has 0 unspecified atom stereocenters. The van der Waals surface area contributed by atoms with Crippen LogP contribution in [0.3, 0.4) is 0 Å². The Balaban J connectivity index is 1.89. The molecule has 0 aliphatic heterocycles. The van der Waals surface area contributed by atoms with Crippen LogP contribution in [0.25, 0.3) is 10.9 Å². The number of amides is 1. The molecule has 26 heavy (non-hydrogen) atoms. The van der Waals surface area contributed by atoms with Crippen LogP contribution in [0.4, 0.5) is 11.4 Å². The van der Waals surface area contributed by atoms with Crippen LogP contribution in [0.15, 0.2) is 47.5 Å². The number of nitro benzene ring substituents is 1.